The Morgan fingerprint density at radius 1 is 0.870 bits per heavy atom. The van der Waals surface area contributed by atoms with Gasteiger partial charge in [-0.3, -0.25) is 9.59 Å². The maximum atomic E-state index is 11.8. The molecule has 0 spiro atoms. The number of esters is 2. The van der Waals surface area contributed by atoms with Crippen molar-refractivity contribution in [2.24, 2.45) is 10.8 Å². The van der Waals surface area contributed by atoms with Gasteiger partial charge in [-0.1, -0.05) is 13.2 Å². The highest BCUT2D eigenvalue weighted by atomic mass is 16.6. The van der Waals surface area contributed by atoms with Gasteiger partial charge in [-0.05, 0) is 52.7 Å². The fraction of sp³-hybridized carbons (Fsp3) is 0.667. The number of carbonyl (C=O) groups excluding carboxylic acids is 2. The van der Waals surface area contributed by atoms with Crippen LogP contribution in [0.25, 0.3) is 0 Å². The third kappa shape index (κ3) is 5.20. The lowest BCUT2D eigenvalue weighted by Crippen LogP contribution is -2.29. The van der Waals surface area contributed by atoms with Crippen LogP contribution in [0.4, 0.5) is 0 Å². The molecule has 1 saturated heterocycles. The van der Waals surface area contributed by atoms with Crippen molar-refractivity contribution in [3.8, 4) is 0 Å². The molecule has 0 aromatic rings. The van der Waals surface area contributed by atoms with Crippen LogP contribution in [0.15, 0.2) is 24.3 Å². The van der Waals surface area contributed by atoms with Gasteiger partial charge in [0, 0.05) is 0 Å². The summed E-state index contributed by atoms with van der Waals surface area (Å²) in [6.07, 6.45) is -0.903. The van der Waals surface area contributed by atoms with Gasteiger partial charge in [0.15, 0.2) is 0 Å². The molecule has 0 aliphatic carbocycles. The summed E-state index contributed by atoms with van der Waals surface area (Å²) in [4.78, 5) is 23.6. The molecule has 23 heavy (non-hydrogen) atoms. The monoisotopic (exact) mass is 324 g/mol. The van der Waals surface area contributed by atoms with Gasteiger partial charge >= 0.3 is 11.9 Å². The zero-order valence-corrected chi connectivity index (χ0v) is 15.0. The largest absolute Gasteiger partial charge is 0.462 e. The molecule has 0 amide bonds. The third-order valence-corrected chi connectivity index (χ3v) is 3.47. The molecule has 1 aliphatic heterocycles. The molecule has 5 heteroatoms. The number of hydrogen-bond acceptors (Lipinski definition) is 5. The van der Waals surface area contributed by atoms with Crippen LogP contribution < -0.4 is 0 Å². The van der Waals surface area contributed by atoms with E-state index in [1.807, 2.05) is 0 Å². The van der Waals surface area contributed by atoms with E-state index < -0.39 is 23.0 Å². The predicted molar refractivity (Wildman–Crippen MR) is 87.8 cm³/mol. The van der Waals surface area contributed by atoms with Gasteiger partial charge in [0.1, 0.15) is 25.4 Å². The van der Waals surface area contributed by atoms with Crippen LogP contribution in [0, 0.1) is 10.8 Å². The van der Waals surface area contributed by atoms with Crippen LogP contribution in [0.5, 0.6) is 0 Å². The van der Waals surface area contributed by atoms with Crippen molar-refractivity contribution < 1.29 is 23.8 Å². The first kappa shape index (κ1) is 19.4. The van der Waals surface area contributed by atoms with Gasteiger partial charge in [-0.25, -0.2) is 0 Å². The molecule has 1 heterocycles. The molecule has 1 rings (SSSR count). The van der Waals surface area contributed by atoms with E-state index in [1.165, 1.54) is 0 Å². The molecular formula is C18H28O5. The van der Waals surface area contributed by atoms with Gasteiger partial charge in [0.2, 0.25) is 0 Å². The molecule has 0 radical (unpaired) electrons. The van der Waals surface area contributed by atoms with E-state index in [2.05, 4.69) is 13.2 Å². The first-order valence-corrected chi connectivity index (χ1v) is 7.72. The summed E-state index contributed by atoms with van der Waals surface area (Å²) in [5.41, 5.74) is 0.198. The Bertz CT molecular complexity index is 458. The zero-order valence-electron chi connectivity index (χ0n) is 15.0. The summed E-state index contributed by atoms with van der Waals surface area (Å²) in [5.74, 6) is -0.607. The Balaban J connectivity index is 2.55. The molecule has 0 bridgehead atoms. The second kappa shape index (κ2) is 6.87. The van der Waals surface area contributed by atoms with Gasteiger partial charge in [-0.2, -0.15) is 0 Å². The second-order valence-corrected chi connectivity index (χ2v) is 7.86. The third-order valence-electron chi connectivity index (χ3n) is 3.47. The molecular weight excluding hydrogens is 296 g/mol. The lowest BCUT2D eigenvalue weighted by Gasteiger charge is -2.20. The second-order valence-electron chi connectivity index (χ2n) is 7.86. The molecule has 0 unspecified atom stereocenters. The lowest BCUT2D eigenvalue weighted by atomic mass is 9.97. The van der Waals surface area contributed by atoms with E-state index in [0.717, 1.165) is 0 Å². The number of hydrogen-bond donors (Lipinski definition) is 0. The first-order chi connectivity index (χ1) is 10.3. The molecule has 0 aromatic heterocycles. The van der Waals surface area contributed by atoms with Crippen molar-refractivity contribution >= 4 is 11.9 Å². The summed E-state index contributed by atoms with van der Waals surface area (Å²) in [6.45, 7) is 18.7. The standard InChI is InChI=1S/C18H28O5/c1-11-12(2)14(10-22-16(20)18(6,7)8)23-13(11)9-21-15(19)17(3,4)5/h13-14H,1-2,9-10H2,3-8H3/t13-,14+. The van der Waals surface area contributed by atoms with Crippen molar-refractivity contribution in [3.63, 3.8) is 0 Å². The smallest absolute Gasteiger partial charge is 0.311 e. The minimum Gasteiger partial charge on any atom is -0.462 e. The molecule has 0 aromatic carbocycles. The minimum absolute atomic E-state index is 0.0810. The molecule has 2 atom stereocenters. The van der Waals surface area contributed by atoms with E-state index in [4.69, 9.17) is 14.2 Å². The van der Waals surface area contributed by atoms with Crippen molar-refractivity contribution in [2.45, 2.75) is 53.8 Å². The predicted octanol–water partition coefficient (Wildman–Crippen LogP) is 3.04. The lowest BCUT2D eigenvalue weighted by molar-refractivity contribution is -0.159. The zero-order chi connectivity index (χ0) is 18.0. The highest BCUT2D eigenvalue weighted by molar-refractivity contribution is 5.75. The van der Waals surface area contributed by atoms with Gasteiger partial charge < -0.3 is 14.2 Å². The highest BCUT2D eigenvalue weighted by Crippen LogP contribution is 2.30. The van der Waals surface area contributed by atoms with Crippen molar-refractivity contribution in [1.82, 2.24) is 0 Å². The summed E-state index contributed by atoms with van der Waals surface area (Å²) in [7, 11) is 0. The average molecular weight is 324 g/mol. The van der Waals surface area contributed by atoms with Crippen LogP contribution >= 0.6 is 0 Å². The topological polar surface area (TPSA) is 61.8 Å². The molecule has 0 saturated carbocycles. The van der Waals surface area contributed by atoms with Gasteiger partial charge in [-0.15, -0.1) is 0 Å². The van der Waals surface area contributed by atoms with Crippen LogP contribution in [0.2, 0.25) is 0 Å². The molecule has 1 aliphatic rings. The SMILES string of the molecule is C=C1C(=C)[C@@H](COC(=O)C(C)(C)C)O[C@H]1COC(=O)C(C)(C)C. The maximum Gasteiger partial charge on any atom is 0.311 e. The normalized spacial score (nSPS) is 22.2. The van der Waals surface area contributed by atoms with Crippen LogP contribution in [-0.2, 0) is 23.8 Å². The Kier molecular flexibility index (Phi) is 5.80. The average Bonchev–Trinajstić information content (AvgIpc) is 2.67. The summed E-state index contributed by atoms with van der Waals surface area (Å²) < 4.78 is 16.3. The van der Waals surface area contributed by atoms with Crippen molar-refractivity contribution in [1.29, 1.82) is 0 Å². The van der Waals surface area contributed by atoms with Gasteiger partial charge in [0.05, 0.1) is 10.8 Å². The van der Waals surface area contributed by atoms with Crippen molar-refractivity contribution in [3.05, 3.63) is 24.3 Å². The van der Waals surface area contributed by atoms with E-state index in [9.17, 15) is 9.59 Å². The number of rotatable bonds is 4. The Labute approximate surface area is 138 Å². The molecule has 5 nitrogen and oxygen atoms in total. The van der Waals surface area contributed by atoms with Crippen LogP contribution in [0.3, 0.4) is 0 Å². The minimum atomic E-state index is -0.571. The molecule has 130 valence electrons. The highest BCUT2D eigenvalue weighted by Gasteiger charge is 2.36. The van der Waals surface area contributed by atoms with Gasteiger partial charge in [0.25, 0.3) is 0 Å². The van der Waals surface area contributed by atoms with E-state index in [1.54, 1.807) is 41.5 Å². The fourth-order valence-electron chi connectivity index (χ4n) is 1.79. The quantitative estimate of drug-likeness (QED) is 0.744. The van der Waals surface area contributed by atoms with E-state index in [0.29, 0.717) is 11.1 Å². The Morgan fingerprint density at radius 2 is 1.17 bits per heavy atom. The summed E-state index contributed by atoms with van der Waals surface area (Å²) in [5, 5.41) is 0. The fourth-order valence-corrected chi connectivity index (χ4v) is 1.79. The maximum absolute atomic E-state index is 11.8. The summed E-state index contributed by atoms with van der Waals surface area (Å²) in [6, 6.07) is 0. The number of carbonyl (C=O) groups is 2. The Hall–Kier alpha value is -1.62. The van der Waals surface area contributed by atoms with Crippen LogP contribution in [-0.4, -0.2) is 37.4 Å². The number of ether oxygens (including phenoxy) is 3. The summed E-state index contributed by atoms with van der Waals surface area (Å²) >= 11 is 0. The van der Waals surface area contributed by atoms with Crippen LogP contribution in [0.1, 0.15) is 41.5 Å². The molecule has 0 N–H and O–H groups in total. The van der Waals surface area contributed by atoms with Crippen molar-refractivity contribution in [2.75, 3.05) is 13.2 Å². The molecule has 1 fully saturated rings. The van der Waals surface area contributed by atoms with E-state index >= 15 is 0 Å². The van der Waals surface area contributed by atoms with E-state index in [-0.39, 0.29) is 25.2 Å². The Morgan fingerprint density at radius 3 is 1.43 bits per heavy atom. The first-order valence-electron chi connectivity index (χ1n) is 7.72.